The molecule has 3 aliphatic rings. The van der Waals surface area contributed by atoms with Gasteiger partial charge >= 0.3 is 0 Å². The number of likely N-dealkylation sites (tertiary alicyclic amines) is 1. The highest BCUT2D eigenvalue weighted by Gasteiger charge is 2.51. The first-order chi connectivity index (χ1) is 20.4. The maximum absolute atomic E-state index is 13.3. The SMILES string of the molecule is CC1CN(CCCc2ccccc2)C2C[C@H](NC(=O)CCN3CCc4c(O)cccc4C3)CC1(c1cccc(O)c1)C2. The van der Waals surface area contributed by atoms with Crippen LogP contribution in [-0.2, 0) is 29.6 Å². The van der Waals surface area contributed by atoms with Crippen LogP contribution in [0, 0.1) is 5.92 Å². The van der Waals surface area contributed by atoms with Crippen molar-refractivity contribution >= 4 is 5.91 Å². The molecule has 6 heteroatoms. The summed E-state index contributed by atoms with van der Waals surface area (Å²) in [5, 5.41) is 24.0. The van der Waals surface area contributed by atoms with Crippen molar-refractivity contribution in [3.05, 3.63) is 95.1 Å². The second kappa shape index (κ2) is 12.5. The predicted molar refractivity (Wildman–Crippen MR) is 167 cm³/mol. The van der Waals surface area contributed by atoms with Gasteiger partial charge in [-0.15, -0.1) is 0 Å². The summed E-state index contributed by atoms with van der Waals surface area (Å²) in [7, 11) is 0. The number of carbonyl (C=O) groups excluding carboxylic acids is 1. The lowest BCUT2D eigenvalue weighted by Gasteiger charge is -2.56. The van der Waals surface area contributed by atoms with Gasteiger partial charge in [0.15, 0.2) is 0 Å². The summed E-state index contributed by atoms with van der Waals surface area (Å²) in [6, 6.07) is 24.8. The molecule has 3 aromatic rings. The Balaban J connectivity index is 1.11. The van der Waals surface area contributed by atoms with Gasteiger partial charge in [0.1, 0.15) is 11.5 Å². The third-order valence-corrected chi connectivity index (χ3v) is 10.3. The smallest absolute Gasteiger partial charge is 0.221 e. The number of piperidine rings is 1. The van der Waals surface area contributed by atoms with Crippen LogP contribution in [0.5, 0.6) is 11.5 Å². The molecule has 2 aliphatic heterocycles. The number of amides is 1. The zero-order valence-corrected chi connectivity index (χ0v) is 24.8. The number of hydrogen-bond donors (Lipinski definition) is 3. The van der Waals surface area contributed by atoms with Crippen molar-refractivity contribution in [3.63, 3.8) is 0 Å². The molecule has 1 aliphatic carbocycles. The summed E-state index contributed by atoms with van der Waals surface area (Å²) in [5.74, 6) is 1.24. The highest BCUT2D eigenvalue weighted by atomic mass is 16.3. The van der Waals surface area contributed by atoms with Gasteiger partial charge in [-0.3, -0.25) is 14.6 Å². The van der Waals surface area contributed by atoms with E-state index in [9.17, 15) is 15.0 Å². The number of rotatable bonds is 9. The van der Waals surface area contributed by atoms with E-state index in [0.29, 0.717) is 29.9 Å². The minimum Gasteiger partial charge on any atom is -0.508 e. The molecule has 2 heterocycles. The van der Waals surface area contributed by atoms with Crippen molar-refractivity contribution in [2.75, 3.05) is 26.2 Å². The average molecular weight is 568 g/mol. The number of nitrogens with zero attached hydrogens (tertiary/aromatic N) is 2. The van der Waals surface area contributed by atoms with E-state index in [1.807, 2.05) is 18.2 Å². The highest BCUT2D eigenvalue weighted by Crippen LogP contribution is 2.50. The molecule has 2 bridgehead atoms. The van der Waals surface area contributed by atoms with Crippen LogP contribution in [0.25, 0.3) is 0 Å². The third kappa shape index (κ3) is 6.20. The summed E-state index contributed by atoms with van der Waals surface area (Å²) < 4.78 is 0. The minimum atomic E-state index is -0.0614. The molecule has 222 valence electrons. The van der Waals surface area contributed by atoms with E-state index in [0.717, 1.165) is 82.4 Å². The van der Waals surface area contributed by atoms with Crippen molar-refractivity contribution in [1.29, 1.82) is 0 Å². The quantitative estimate of drug-likeness (QED) is 0.323. The van der Waals surface area contributed by atoms with Crippen LogP contribution in [0.15, 0.2) is 72.8 Å². The van der Waals surface area contributed by atoms with Gasteiger partial charge < -0.3 is 15.5 Å². The molecule has 0 radical (unpaired) electrons. The Morgan fingerprint density at radius 3 is 2.67 bits per heavy atom. The molecule has 0 aromatic heterocycles. The molecule has 42 heavy (non-hydrogen) atoms. The molecular formula is C36H45N3O3. The number of carbonyl (C=O) groups is 1. The van der Waals surface area contributed by atoms with Crippen molar-refractivity contribution in [2.24, 2.45) is 5.92 Å². The second-order valence-corrected chi connectivity index (χ2v) is 12.9. The van der Waals surface area contributed by atoms with E-state index in [1.54, 1.807) is 12.1 Å². The number of aromatic hydroxyl groups is 2. The Bertz CT molecular complexity index is 1380. The zero-order valence-electron chi connectivity index (χ0n) is 24.8. The molecule has 3 N–H and O–H groups in total. The molecule has 4 atom stereocenters. The number of hydrogen-bond acceptors (Lipinski definition) is 5. The Kier molecular flexibility index (Phi) is 8.55. The molecule has 0 spiro atoms. The number of nitrogens with one attached hydrogen (secondary N) is 1. The topological polar surface area (TPSA) is 76.0 Å². The second-order valence-electron chi connectivity index (χ2n) is 12.9. The first-order valence-corrected chi connectivity index (χ1v) is 15.8. The van der Waals surface area contributed by atoms with E-state index >= 15 is 0 Å². The normalized spacial score (nSPS) is 26.0. The van der Waals surface area contributed by atoms with Crippen LogP contribution >= 0.6 is 0 Å². The van der Waals surface area contributed by atoms with E-state index in [1.165, 1.54) is 11.1 Å². The number of phenols is 2. The Morgan fingerprint density at radius 1 is 1.00 bits per heavy atom. The molecule has 3 aromatic carbocycles. The van der Waals surface area contributed by atoms with Crippen molar-refractivity contribution in [3.8, 4) is 11.5 Å². The molecule has 2 fully saturated rings. The zero-order chi connectivity index (χ0) is 29.1. The first kappa shape index (κ1) is 28.8. The van der Waals surface area contributed by atoms with E-state index in [2.05, 4.69) is 64.5 Å². The van der Waals surface area contributed by atoms with Gasteiger partial charge in [-0.1, -0.05) is 61.5 Å². The third-order valence-electron chi connectivity index (χ3n) is 10.3. The number of benzene rings is 3. The van der Waals surface area contributed by atoms with Crippen LogP contribution in [0.2, 0.25) is 0 Å². The van der Waals surface area contributed by atoms with Crippen LogP contribution in [0.1, 0.15) is 61.3 Å². The lowest BCUT2D eigenvalue weighted by molar-refractivity contribution is -0.123. The molecule has 1 amide bonds. The lowest BCUT2D eigenvalue weighted by Crippen LogP contribution is -2.61. The molecule has 1 saturated heterocycles. The van der Waals surface area contributed by atoms with Crippen LogP contribution < -0.4 is 5.32 Å². The summed E-state index contributed by atoms with van der Waals surface area (Å²) in [5.41, 5.74) is 4.74. The summed E-state index contributed by atoms with van der Waals surface area (Å²) in [6.07, 6.45) is 6.45. The average Bonchev–Trinajstić information content (AvgIpc) is 2.99. The summed E-state index contributed by atoms with van der Waals surface area (Å²) in [4.78, 5) is 18.3. The number of aryl methyl sites for hydroxylation is 1. The summed E-state index contributed by atoms with van der Waals surface area (Å²) >= 11 is 0. The Morgan fingerprint density at radius 2 is 1.83 bits per heavy atom. The highest BCUT2D eigenvalue weighted by molar-refractivity contribution is 5.76. The fourth-order valence-corrected chi connectivity index (χ4v) is 8.04. The minimum absolute atomic E-state index is 0.0614. The largest absolute Gasteiger partial charge is 0.508 e. The van der Waals surface area contributed by atoms with Gasteiger partial charge in [0, 0.05) is 50.1 Å². The van der Waals surface area contributed by atoms with E-state index in [4.69, 9.17) is 0 Å². The first-order valence-electron chi connectivity index (χ1n) is 15.8. The maximum atomic E-state index is 13.3. The maximum Gasteiger partial charge on any atom is 0.221 e. The van der Waals surface area contributed by atoms with Crippen molar-refractivity contribution in [1.82, 2.24) is 15.1 Å². The standard InChI is InChI=1S/C36H45N3O3/c1-26-24-39(17-7-10-27-8-3-2-4-9-27)31-21-30(22-36(26,23-31)29-12-6-13-32(40)20-29)37-35(42)16-19-38-18-15-33-28(25-38)11-5-14-34(33)41/h2-6,8-9,11-14,20,26,30-31,40-41H,7,10,15-19,21-25H2,1H3,(H,37,42)/t26?,30-,31?,36?/m0/s1. The van der Waals surface area contributed by atoms with Crippen molar-refractivity contribution in [2.45, 2.75) is 75.9 Å². The van der Waals surface area contributed by atoms with Gasteiger partial charge in [-0.2, -0.15) is 0 Å². The van der Waals surface area contributed by atoms with E-state index < -0.39 is 0 Å². The number of fused-ring (bicyclic) bond motifs is 3. The van der Waals surface area contributed by atoms with Gasteiger partial charge in [0.25, 0.3) is 0 Å². The van der Waals surface area contributed by atoms with Crippen LogP contribution in [0.4, 0.5) is 0 Å². The fourth-order valence-electron chi connectivity index (χ4n) is 8.04. The molecule has 1 saturated carbocycles. The van der Waals surface area contributed by atoms with Gasteiger partial charge in [-0.05, 0) is 91.4 Å². The molecule has 3 unspecified atom stereocenters. The van der Waals surface area contributed by atoms with Crippen LogP contribution in [-0.4, -0.2) is 64.2 Å². The van der Waals surface area contributed by atoms with Crippen LogP contribution in [0.3, 0.4) is 0 Å². The Hall–Kier alpha value is -3.35. The number of phenolic OH excluding ortho intramolecular Hbond substituents is 2. The van der Waals surface area contributed by atoms with Gasteiger partial charge in [-0.25, -0.2) is 0 Å². The molecule has 6 rings (SSSR count). The predicted octanol–water partition coefficient (Wildman–Crippen LogP) is 5.41. The molecule has 6 nitrogen and oxygen atoms in total. The van der Waals surface area contributed by atoms with Gasteiger partial charge in [0.05, 0.1) is 0 Å². The lowest BCUT2D eigenvalue weighted by atomic mass is 9.57. The summed E-state index contributed by atoms with van der Waals surface area (Å²) in [6.45, 7) is 6.82. The van der Waals surface area contributed by atoms with E-state index in [-0.39, 0.29) is 17.4 Å². The fraction of sp³-hybridized carbons (Fsp3) is 0.472. The Labute approximate surface area is 250 Å². The van der Waals surface area contributed by atoms with Gasteiger partial charge in [0.2, 0.25) is 5.91 Å². The monoisotopic (exact) mass is 567 g/mol. The molecular weight excluding hydrogens is 522 g/mol. The van der Waals surface area contributed by atoms with Crippen molar-refractivity contribution < 1.29 is 15.0 Å².